The van der Waals surface area contributed by atoms with Crippen LogP contribution in [0.1, 0.15) is 31.9 Å². The maximum atomic E-state index is 12.5. The van der Waals surface area contributed by atoms with E-state index < -0.39 is 15.9 Å². The number of para-hydroxylation sites is 1. The fraction of sp³-hybridized carbons (Fsp3) is 0.316. The number of carbonyl (C=O) groups excluding carboxylic acids is 1. The van der Waals surface area contributed by atoms with Crippen LogP contribution in [-0.4, -0.2) is 26.7 Å². The number of carbonyl (C=O) groups is 1. The Hall–Kier alpha value is -2.34. The lowest BCUT2D eigenvalue weighted by Gasteiger charge is -2.21. The van der Waals surface area contributed by atoms with Gasteiger partial charge in [0, 0.05) is 6.26 Å². The van der Waals surface area contributed by atoms with E-state index in [1.54, 1.807) is 24.3 Å². The number of ether oxygens (including phenoxy) is 1. The number of hydrogen-bond donors (Lipinski definition) is 1. The fourth-order valence-electron chi connectivity index (χ4n) is 2.38. The minimum absolute atomic E-state index is 0.203. The van der Waals surface area contributed by atoms with Gasteiger partial charge >= 0.3 is 0 Å². The van der Waals surface area contributed by atoms with Crippen molar-refractivity contribution in [1.29, 1.82) is 0 Å². The summed E-state index contributed by atoms with van der Waals surface area (Å²) in [6.07, 6.45) is 1.13. The molecule has 0 aliphatic heterocycles. The maximum absolute atomic E-state index is 12.5. The molecule has 2 aromatic carbocycles. The molecule has 0 unspecified atom stereocenters. The smallest absolute Gasteiger partial charge is 0.261 e. The molecule has 25 heavy (non-hydrogen) atoms. The number of rotatable bonds is 7. The van der Waals surface area contributed by atoms with Crippen LogP contribution < -0.4 is 10.1 Å². The van der Waals surface area contributed by atoms with Crippen LogP contribution in [0.3, 0.4) is 0 Å². The Balaban J connectivity index is 2.02. The van der Waals surface area contributed by atoms with Crippen LogP contribution in [0.25, 0.3) is 0 Å². The zero-order valence-electron chi connectivity index (χ0n) is 14.6. The van der Waals surface area contributed by atoms with Crippen molar-refractivity contribution in [3.05, 3.63) is 60.2 Å². The third-order valence-electron chi connectivity index (χ3n) is 3.85. The second-order valence-electron chi connectivity index (χ2n) is 5.90. The molecule has 0 spiro atoms. The largest absolute Gasteiger partial charge is 0.481 e. The van der Waals surface area contributed by atoms with Crippen molar-refractivity contribution in [3.63, 3.8) is 0 Å². The van der Waals surface area contributed by atoms with Crippen molar-refractivity contribution in [2.24, 2.45) is 0 Å². The predicted octanol–water partition coefficient (Wildman–Crippen LogP) is 3.12. The van der Waals surface area contributed by atoms with Crippen LogP contribution in [-0.2, 0) is 14.6 Å². The first-order chi connectivity index (χ1) is 11.8. The molecule has 0 heterocycles. The molecule has 0 radical (unpaired) electrons. The van der Waals surface area contributed by atoms with Crippen molar-refractivity contribution in [2.75, 3.05) is 6.26 Å². The number of benzene rings is 2. The third-order valence-corrected chi connectivity index (χ3v) is 4.98. The van der Waals surface area contributed by atoms with Gasteiger partial charge in [0.25, 0.3) is 5.91 Å². The van der Waals surface area contributed by atoms with Gasteiger partial charge in [0.2, 0.25) is 0 Å². The van der Waals surface area contributed by atoms with Gasteiger partial charge in [-0.25, -0.2) is 8.42 Å². The van der Waals surface area contributed by atoms with Crippen LogP contribution in [0.4, 0.5) is 0 Å². The van der Waals surface area contributed by atoms with Gasteiger partial charge in [-0.2, -0.15) is 0 Å². The monoisotopic (exact) mass is 361 g/mol. The lowest BCUT2D eigenvalue weighted by Crippen LogP contribution is -2.39. The second-order valence-corrected chi connectivity index (χ2v) is 7.92. The molecule has 0 bridgehead atoms. The van der Waals surface area contributed by atoms with Crippen LogP contribution in [0, 0.1) is 0 Å². The average molecular weight is 361 g/mol. The Morgan fingerprint density at radius 2 is 1.68 bits per heavy atom. The van der Waals surface area contributed by atoms with Gasteiger partial charge in [0.1, 0.15) is 5.75 Å². The molecule has 5 nitrogen and oxygen atoms in total. The van der Waals surface area contributed by atoms with E-state index in [0.717, 1.165) is 5.56 Å². The average Bonchev–Trinajstić information content (AvgIpc) is 2.59. The number of nitrogens with one attached hydrogen (secondary N) is 1. The zero-order valence-corrected chi connectivity index (χ0v) is 15.4. The minimum Gasteiger partial charge on any atom is -0.481 e. The lowest BCUT2D eigenvalue weighted by molar-refractivity contribution is -0.128. The molecular weight excluding hydrogens is 338 g/mol. The Morgan fingerprint density at radius 1 is 1.08 bits per heavy atom. The van der Waals surface area contributed by atoms with E-state index >= 15 is 0 Å². The van der Waals surface area contributed by atoms with Gasteiger partial charge in [-0.15, -0.1) is 0 Å². The van der Waals surface area contributed by atoms with Crippen LogP contribution in [0.15, 0.2) is 59.5 Å². The molecule has 6 heteroatoms. The standard InChI is InChI=1S/C19H23NO4S/c1-4-18(24-16-8-6-5-7-9-16)19(21)20-14(2)15-10-12-17(13-11-15)25(3,22)23/h5-14,18H,4H2,1-3H3,(H,20,21)/t14-,18-/m0/s1. The number of sulfone groups is 1. The molecule has 0 aliphatic rings. The Labute approximate surface area is 148 Å². The summed E-state index contributed by atoms with van der Waals surface area (Å²) in [4.78, 5) is 12.7. The Kier molecular flexibility index (Phi) is 6.20. The summed E-state index contributed by atoms with van der Waals surface area (Å²) >= 11 is 0. The van der Waals surface area contributed by atoms with E-state index in [0.29, 0.717) is 12.2 Å². The van der Waals surface area contributed by atoms with E-state index in [1.165, 1.54) is 6.26 Å². The van der Waals surface area contributed by atoms with Crippen molar-refractivity contribution >= 4 is 15.7 Å². The second kappa shape index (κ2) is 8.16. The lowest BCUT2D eigenvalue weighted by atomic mass is 10.1. The summed E-state index contributed by atoms with van der Waals surface area (Å²) in [6.45, 7) is 3.74. The highest BCUT2D eigenvalue weighted by Crippen LogP contribution is 2.18. The zero-order chi connectivity index (χ0) is 18.4. The van der Waals surface area contributed by atoms with E-state index in [2.05, 4.69) is 5.32 Å². The Morgan fingerprint density at radius 3 is 2.20 bits per heavy atom. The number of amides is 1. The first-order valence-electron chi connectivity index (χ1n) is 8.13. The van der Waals surface area contributed by atoms with Gasteiger partial charge in [0.15, 0.2) is 15.9 Å². The van der Waals surface area contributed by atoms with Crippen molar-refractivity contribution in [3.8, 4) is 5.75 Å². The van der Waals surface area contributed by atoms with Crippen molar-refractivity contribution in [2.45, 2.75) is 37.3 Å². The number of hydrogen-bond acceptors (Lipinski definition) is 4. The third kappa shape index (κ3) is 5.32. The van der Waals surface area contributed by atoms with Gasteiger partial charge < -0.3 is 10.1 Å². The van der Waals surface area contributed by atoms with E-state index in [1.807, 2.05) is 44.2 Å². The Bertz CT molecular complexity index is 801. The summed E-state index contributed by atoms with van der Waals surface area (Å²) in [7, 11) is -3.23. The van der Waals surface area contributed by atoms with Crippen LogP contribution in [0.2, 0.25) is 0 Å². The first kappa shape index (κ1) is 19.0. The molecule has 1 N–H and O–H groups in total. The van der Waals surface area contributed by atoms with E-state index in [4.69, 9.17) is 4.74 Å². The molecule has 0 aromatic heterocycles. The highest BCUT2D eigenvalue weighted by atomic mass is 32.2. The fourth-order valence-corrected chi connectivity index (χ4v) is 3.01. The summed E-state index contributed by atoms with van der Waals surface area (Å²) < 4.78 is 28.7. The summed E-state index contributed by atoms with van der Waals surface area (Å²) in [6, 6.07) is 15.5. The van der Waals surface area contributed by atoms with Crippen LogP contribution in [0.5, 0.6) is 5.75 Å². The SMILES string of the molecule is CC[C@H](Oc1ccccc1)C(=O)N[C@@H](C)c1ccc(S(C)(=O)=O)cc1. The molecule has 1 amide bonds. The highest BCUT2D eigenvalue weighted by Gasteiger charge is 2.20. The van der Waals surface area contributed by atoms with E-state index in [-0.39, 0.29) is 16.8 Å². The summed E-state index contributed by atoms with van der Waals surface area (Å²) in [5.41, 5.74) is 0.829. The van der Waals surface area contributed by atoms with Gasteiger partial charge in [-0.05, 0) is 43.2 Å². The molecule has 2 atom stereocenters. The van der Waals surface area contributed by atoms with Gasteiger partial charge in [0.05, 0.1) is 10.9 Å². The molecule has 0 saturated heterocycles. The van der Waals surface area contributed by atoms with Crippen molar-refractivity contribution < 1.29 is 17.9 Å². The van der Waals surface area contributed by atoms with Crippen molar-refractivity contribution in [1.82, 2.24) is 5.32 Å². The van der Waals surface area contributed by atoms with E-state index in [9.17, 15) is 13.2 Å². The minimum atomic E-state index is -3.23. The highest BCUT2D eigenvalue weighted by molar-refractivity contribution is 7.90. The summed E-state index contributed by atoms with van der Waals surface area (Å²) in [5.74, 6) is 0.445. The summed E-state index contributed by atoms with van der Waals surface area (Å²) in [5, 5.41) is 2.91. The quantitative estimate of drug-likeness (QED) is 0.822. The van der Waals surface area contributed by atoms with Gasteiger partial charge in [-0.3, -0.25) is 4.79 Å². The normalized spacial score (nSPS) is 13.7. The maximum Gasteiger partial charge on any atom is 0.261 e. The molecule has 0 fully saturated rings. The van der Waals surface area contributed by atoms with Gasteiger partial charge in [-0.1, -0.05) is 37.3 Å². The van der Waals surface area contributed by atoms with Crippen LogP contribution >= 0.6 is 0 Å². The molecular formula is C19H23NO4S. The molecule has 134 valence electrons. The molecule has 2 aromatic rings. The predicted molar refractivity (Wildman–Crippen MR) is 97.3 cm³/mol. The molecule has 2 rings (SSSR count). The molecule has 0 aliphatic carbocycles. The first-order valence-corrected chi connectivity index (χ1v) is 10.0. The topological polar surface area (TPSA) is 72.5 Å². The molecule has 0 saturated carbocycles.